The Balaban J connectivity index is 2.89. The van der Waals surface area contributed by atoms with Crippen molar-refractivity contribution in [1.29, 1.82) is 5.26 Å². The number of nitrogens with zero attached hydrogens (tertiary/aromatic N) is 1. The summed E-state index contributed by atoms with van der Waals surface area (Å²) in [7, 11) is 0. The molecular formula is C10H6N2OS. The Hall–Kier alpha value is -1.86. The van der Waals surface area contributed by atoms with Gasteiger partial charge in [0.05, 0.1) is 5.56 Å². The molecule has 1 aromatic heterocycles. The van der Waals surface area contributed by atoms with Crippen LogP contribution in [0.25, 0.3) is 10.1 Å². The van der Waals surface area contributed by atoms with Gasteiger partial charge in [-0.3, -0.25) is 4.79 Å². The van der Waals surface area contributed by atoms with Crippen molar-refractivity contribution in [2.75, 3.05) is 0 Å². The number of hydrogen-bond donors (Lipinski definition) is 1. The van der Waals surface area contributed by atoms with E-state index in [0.717, 1.165) is 10.1 Å². The summed E-state index contributed by atoms with van der Waals surface area (Å²) < 4.78 is 0.915. The molecule has 14 heavy (non-hydrogen) atoms. The lowest BCUT2D eigenvalue weighted by Gasteiger charge is -1.92. The summed E-state index contributed by atoms with van der Waals surface area (Å²) in [5.74, 6) is -0.543. The molecule has 0 spiro atoms. The molecule has 4 heteroatoms. The highest BCUT2D eigenvalue weighted by Gasteiger charge is 2.15. The summed E-state index contributed by atoms with van der Waals surface area (Å²) >= 11 is 1.29. The molecule has 2 aromatic rings. The van der Waals surface area contributed by atoms with Gasteiger partial charge in [0.2, 0.25) is 0 Å². The number of thiophene rings is 1. The van der Waals surface area contributed by atoms with E-state index >= 15 is 0 Å². The Morgan fingerprint density at radius 3 is 2.79 bits per heavy atom. The highest BCUT2D eigenvalue weighted by atomic mass is 32.1. The number of primary amides is 1. The second-order valence-electron chi connectivity index (χ2n) is 2.78. The monoisotopic (exact) mass is 202 g/mol. The number of nitrogens with two attached hydrogens (primary N) is 1. The van der Waals surface area contributed by atoms with E-state index in [-0.39, 0.29) is 0 Å². The van der Waals surface area contributed by atoms with Crippen molar-refractivity contribution >= 4 is 27.3 Å². The van der Waals surface area contributed by atoms with Crippen LogP contribution in [0.1, 0.15) is 15.2 Å². The smallest absolute Gasteiger partial charge is 0.251 e. The number of carbonyl (C=O) groups is 1. The highest BCUT2D eigenvalue weighted by Crippen LogP contribution is 2.30. The molecule has 1 aromatic carbocycles. The normalized spacial score (nSPS) is 9.93. The van der Waals surface area contributed by atoms with Crippen molar-refractivity contribution in [2.45, 2.75) is 0 Å². The largest absolute Gasteiger partial charge is 0.366 e. The van der Waals surface area contributed by atoms with Crippen LogP contribution in [-0.2, 0) is 0 Å². The molecule has 1 heterocycles. The Bertz CT molecular complexity index is 551. The Labute approximate surface area is 84.4 Å². The van der Waals surface area contributed by atoms with E-state index in [1.807, 2.05) is 24.3 Å². The molecule has 0 aliphatic carbocycles. The van der Waals surface area contributed by atoms with Crippen LogP contribution in [0.4, 0.5) is 0 Å². The van der Waals surface area contributed by atoms with Crippen LogP contribution in [0.15, 0.2) is 24.3 Å². The first-order valence-corrected chi connectivity index (χ1v) is 4.77. The van der Waals surface area contributed by atoms with Crippen LogP contribution < -0.4 is 5.73 Å². The second kappa shape index (κ2) is 3.13. The molecule has 3 nitrogen and oxygen atoms in total. The van der Waals surface area contributed by atoms with E-state index in [4.69, 9.17) is 11.0 Å². The molecular weight excluding hydrogens is 196 g/mol. The van der Waals surface area contributed by atoms with Gasteiger partial charge in [-0.05, 0) is 6.07 Å². The summed E-state index contributed by atoms with van der Waals surface area (Å²) in [5, 5.41) is 9.59. The molecule has 1 amide bonds. The van der Waals surface area contributed by atoms with Crippen molar-refractivity contribution in [3.8, 4) is 6.07 Å². The van der Waals surface area contributed by atoms with Gasteiger partial charge in [0.15, 0.2) is 0 Å². The fraction of sp³-hybridized carbons (Fsp3) is 0. The lowest BCUT2D eigenvalue weighted by molar-refractivity contribution is 0.100. The third-order valence-corrected chi connectivity index (χ3v) is 3.02. The molecule has 0 atom stereocenters. The molecule has 0 fully saturated rings. The number of amides is 1. The average Bonchev–Trinajstić information content (AvgIpc) is 2.55. The summed E-state index contributed by atoms with van der Waals surface area (Å²) in [6.45, 7) is 0. The molecule has 0 unspecified atom stereocenters. The summed E-state index contributed by atoms with van der Waals surface area (Å²) in [6, 6.07) is 9.34. The van der Waals surface area contributed by atoms with E-state index < -0.39 is 5.91 Å². The van der Waals surface area contributed by atoms with Crippen molar-refractivity contribution in [1.82, 2.24) is 0 Å². The number of nitriles is 1. The molecule has 0 saturated carbocycles. The lowest BCUT2D eigenvalue weighted by Crippen LogP contribution is -2.11. The van der Waals surface area contributed by atoms with Gasteiger partial charge in [0.1, 0.15) is 10.9 Å². The lowest BCUT2D eigenvalue weighted by atomic mass is 10.1. The minimum absolute atomic E-state index is 0.341. The fourth-order valence-corrected chi connectivity index (χ4v) is 2.37. The molecule has 0 radical (unpaired) electrons. The standard InChI is InChI=1S/C10H6N2OS/c11-5-8-9(10(12)13)6-3-1-2-4-7(6)14-8/h1-4H,(H2,12,13). The van der Waals surface area contributed by atoms with Gasteiger partial charge in [0.25, 0.3) is 5.91 Å². The minimum atomic E-state index is -0.543. The average molecular weight is 202 g/mol. The van der Waals surface area contributed by atoms with Gasteiger partial charge < -0.3 is 5.73 Å². The van der Waals surface area contributed by atoms with Gasteiger partial charge in [-0.2, -0.15) is 5.26 Å². The van der Waals surface area contributed by atoms with Crippen LogP contribution >= 0.6 is 11.3 Å². The zero-order chi connectivity index (χ0) is 10.1. The molecule has 0 bridgehead atoms. The van der Waals surface area contributed by atoms with E-state index in [2.05, 4.69) is 0 Å². The first kappa shape index (κ1) is 8.73. The Kier molecular flexibility index (Phi) is 1.95. The van der Waals surface area contributed by atoms with E-state index in [9.17, 15) is 4.79 Å². The topological polar surface area (TPSA) is 66.9 Å². The molecule has 0 aliphatic heterocycles. The maximum Gasteiger partial charge on any atom is 0.251 e. The van der Waals surface area contributed by atoms with Gasteiger partial charge in [0, 0.05) is 10.1 Å². The van der Waals surface area contributed by atoms with Crippen LogP contribution in [0.2, 0.25) is 0 Å². The Morgan fingerprint density at radius 1 is 1.43 bits per heavy atom. The van der Waals surface area contributed by atoms with E-state index in [1.54, 1.807) is 6.07 Å². The fourth-order valence-electron chi connectivity index (χ4n) is 1.37. The van der Waals surface area contributed by atoms with Gasteiger partial charge in [-0.15, -0.1) is 11.3 Å². The first-order valence-electron chi connectivity index (χ1n) is 3.95. The van der Waals surface area contributed by atoms with Crippen molar-refractivity contribution in [3.05, 3.63) is 34.7 Å². The predicted molar refractivity (Wildman–Crippen MR) is 55.1 cm³/mol. The van der Waals surface area contributed by atoms with Crippen LogP contribution in [0.3, 0.4) is 0 Å². The van der Waals surface area contributed by atoms with Crippen molar-refractivity contribution in [2.24, 2.45) is 5.73 Å². The maximum absolute atomic E-state index is 11.1. The van der Waals surface area contributed by atoms with Crippen LogP contribution in [-0.4, -0.2) is 5.91 Å². The van der Waals surface area contributed by atoms with Gasteiger partial charge >= 0.3 is 0 Å². The van der Waals surface area contributed by atoms with E-state index in [1.165, 1.54) is 11.3 Å². The number of carbonyl (C=O) groups excluding carboxylic acids is 1. The molecule has 2 rings (SSSR count). The summed E-state index contributed by atoms with van der Waals surface area (Å²) in [6.07, 6.45) is 0. The number of rotatable bonds is 1. The summed E-state index contributed by atoms with van der Waals surface area (Å²) in [5.41, 5.74) is 5.56. The molecule has 2 N–H and O–H groups in total. The third kappa shape index (κ3) is 1.15. The Morgan fingerprint density at radius 2 is 2.14 bits per heavy atom. The highest BCUT2D eigenvalue weighted by molar-refractivity contribution is 7.20. The van der Waals surface area contributed by atoms with E-state index in [0.29, 0.717) is 10.4 Å². The zero-order valence-corrected chi connectivity index (χ0v) is 7.97. The second-order valence-corrected chi connectivity index (χ2v) is 3.83. The third-order valence-electron chi connectivity index (χ3n) is 1.94. The number of fused-ring (bicyclic) bond motifs is 1. The maximum atomic E-state index is 11.1. The number of hydrogen-bond acceptors (Lipinski definition) is 3. The van der Waals surface area contributed by atoms with Crippen molar-refractivity contribution in [3.63, 3.8) is 0 Å². The van der Waals surface area contributed by atoms with Crippen LogP contribution in [0.5, 0.6) is 0 Å². The summed E-state index contributed by atoms with van der Waals surface area (Å²) in [4.78, 5) is 11.5. The van der Waals surface area contributed by atoms with Gasteiger partial charge in [-0.25, -0.2) is 0 Å². The zero-order valence-electron chi connectivity index (χ0n) is 7.15. The van der Waals surface area contributed by atoms with Crippen molar-refractivity contribution < 1.29 is 4.79 Å². The van der Waals surface area contributed by atoms with Crippen LogP contribution in [0, 0.1) is 11.3 Å². The quantitative estimate of drug-likeness (QED) is 0.767. The molecule has 0 saturated heterocycles. The first-order chi connectivity index (χ1) is 6.74. The number of benzene rings is 1. The molecule has 0 aliphatic rings. The SMILES string of the molecule is N#Cc1sc2ccccc2c1C(N)=O. The van der Waals surface area contributed by atoms with Gasteiger partial charge in [-0.1, -0.05) is 18.2 Å². The minimum Gasteiger partial charge on any atom is -0.366 e. The molecule has 68 valence electrons. The predicted octanol–water partition coefficient (Wildman–Crippen LogP) is 1.87.